The Kier molecular flexibility index (Phi) is 3.91. The number of hydrogen-bond acceptors (Lipinski definition) is 5. The third kappa shape index (κ3) is 2.82. The normalized spacial score (nSPS) is 17.4. The number of halogens is 2. The van der Waals surface area contributed by atoms with Crippen LogP contribution in [0, 0.1) is 11.2 Å². The maximum absolute atomic E-state index is 14.6. The van der Waals surface area contributed by atoms with Crippen LogP contribution in [0.25, 0.3) is 5.82 Å². The van der Waals surface area contributed by atoms with E-state index in [1.165, 1.54) is 0 Å². The van der Waals surface area contributed by atoms with Gasteiger partial charge in [0.2, 0.25) is 0 Å². The van der Waals surface area contributed by atoms with E-state index in [0.29, 0.717) is 18.8 Å². The summed E-state index contributed by atoms with van der Waals surface area (Å²) in [6.45, 7) is 3.92. The number of carbonyl (C=O) groups excluding carboxylic acids is 1. The quantitative estimate of drug-likeness (QED) is 0.604. The predicted molar refractivity (Wildman–Crippen MR) is 91.1 cm³/mol. The smallest absolute Gasteiger partial charge is 0.352 e. The molecule has 0 aromatic carbocycles. The molecule has 0 bridgehead atoms. The molecule has 0 unspecified atom stereocenters. The lowest BCUT2D eigenvalue weighted by Crippen LogP contribution is -2.30. The van der Waals surface area contributed by atoms with Gasteiger partial charge in [0.15, 0.2) is 11.6 Å². The van der Waals surface area contributed by atoms with Crippen LogP contribution in [0.1, 0.15) is 49.3 Å². The highest BCUT2D eigenvalue weighted by molar-refractivity contribution is 6.32. The van der Waals surface area contributed by atoms with Gasteiger partial charge in [0.25, 0.3) is 0 Å². The molecular weight excluding hydrogens is 363 g/mol. The summed E-state index contributed by atoms with van der Waals surface area (Å²) in [5, 5.41) is 4.04. The SMILES string of the molecule is CC(C)OC(=O)c1cc(F)c(-n2nc3n(c2=O)CCC2(CC2)C3)nc1Cl. The van der Waals surface area contributed by atoms with Crippen LogP contribution in [-0.4, -0.2) is 31.4 Å². The van der Waals surface area contributed by atoms with Gasteiger partial charge in [-0.2, -0.15) is 4.68 Å². The standard InChI is InChI=1S/C17H18ClFN4O3/c1-9(2)26-15(24)10-7-11(19)14(20-13(10)18)23-16(25)22-6-5-17(3-4-17)8-12(22)21-23/h7,9H,3-6,8H2,1-2H3. The first kappa shape index (κ1) is 17.2. The topological polar surface area (TPSA) is 79.0 Å². The Morgan fingerprint density at radius 3 is 2.77 bits per heavy atom. The molecule has 2 aliphatic rings. The number of pyridine rings is 1. The molecule has 0 radical (unpaired) electrons. The summed E-state index contributed by atoms with van der Waals surface area (Å²) in [5.41, 5.74) is -0.370. The summed E-state index contributed by atoms with van der Waals surface area (Å²) >= 11 is 6.04. The van der Waals surface area contributed by atoms with Crippen LogP contribution in [0.3, 0.4) is 0 Å². The van der Waals surface area contributed by atoms with Crippen molar-refractivity contribution < 1.29 is 13.9 Å². The van der Waals surface area contributed by atoms with Gasteiger partial charge in [-0.3, -0.25) is 4.57 Å². The largest absolute Gasteiger partial charge is 0.459 e. The molecule has 9 heteroatoms. The van der Waals surface area contributed by atoms with E-state index in [4.69, 9.17) is 16.3 Å². The Bertz CT molecular complexity index is 962. The highest BCUT2D eigenvalue weighted by Crippen LogP contribution is 2.52. The number of carbonyl (C=O) groups is 1. The second kappa shape index (κ2) is 5.90. The van der Waals surface area contributed by atoms with Crippen LogP contribution in [0.4, 0.5) is 4.39 Å². The van der Waals surface area contributed by atoms with Crippen molar-refractivity contribution in [2.45, 2.75) is 52.2 Å². The second-order valence-corrected chi connectivity index (χ2v) is 7.63. The molecule has 2 aromatic rings. The third-order valence-electron chi connectivity index (χ3n) is 4.97. The lowest BCUT2D eigenvalue weighted by Gasteiger charge is -2.20. The number of ether oxygens (including phenoxy) is 1. The fourth-order valence-electron chi connectivity index (χ4n) is 3.33. The molecule has 1 spiro atoms. The van der Waals surface area contributed by atoms with Crippen LogP contribution < -0.4 is 5.69 Å². The van der Waals surface area contributed by atoms with Crippen LogP contribution in [-0.2, 0) is 17.7 Å². The number of nitrogens with zero attached hydrogens (tertiary/aromatic N) is 4. The van der Waals surface area contributed by atoms with E-state index >= 15 is 0 Å². The van der Waals surface area contributed by atoms with E-state index in [1.54, 1.807) is 18.4 Å². The Morgan fingerprint density at radius 1 is 1.38 bits per heavy atom. The predicted octanol–water partition coefficient (Wildman–Crippen LogP) is 2.51. The minimum atomic E-state index is -0.858. The monoisotopic (exact) mass is 380 g/mol. The van der Waals surface area contributed by atoms with E-state index in [9.17, 15) is 14.0 Å². The molecule has 0 atom stereocenters. The van der Waals surface area contributed by atoms with Crippen molar-refractivity contribution in [1.29, 1.82) is 0 Å². The lowest BCUT2D eigenvalue weighted by molar-refractivity contribution is 0.0377. The second-order valence-electron chi connectivity index (χ2n) is 7.28. The highest BCUT2D eigenvalue weighted by atomic mass is 35.5. The Balaban J connectivity index is 1.73. The fraction of sp³-hybridized carbons (Fsp3) is 0.529. The van der Waals surface area contributed by atoms with Gasteiger partial charge in [-0.1, -0.05) is 11.6 Å². The molecule has 1 fully saturated rings. The minimum absolute atomic E-state index is 0.185. The molecule has 1 saturated carbocycles. The first-order valence-electron chi connectivity index (χ1n) is 8.56. The van der Waals surface area contributed by atoms with Crippen molar-refractivity contribution in [3.63, 3.8) is 0 Å². The van der Waals surface area contributed by atoms with Gasteiger partial charge in [0.05, 0.1) is 6.10 Å². The molecule has 0 amide bonds. The van der Waals surface area contributed by atoms with Gasteiger partial charge in [0.1, 0.15) is 16.5 Å². The molecule has 26 heavy (non-hydrogen) atoms. The molecule has 4 rings (SSSR count). The summed E-state index contributed by atoms with van der Waals surface area (Å²) in [6, 6.07) is 0.933. The van der Waals surface area contributed by atoms with Crippen LogP contribution >= 0.6 is 11.6 Å². The number of rotatable bonds is 3. The van der Waals surface area contributed by atoms with Gasteiger partial charge >= 0.3 is 11.7 Å². The molecule has 2 aromatic heterocycles. The number of aromatic nitrogens is 4. The summed E-state index contributed by atoms with van der Waals surface area (Å²) in [6.07, 6.45) is 3.54. The van der Waals surface area contributed by atoms with Gasteiger partial charge < -0.3 is 4.74 Å². The van der Waals surface area contributed by atoms with E-state index < -0.39 is 17.5 Å². The van der Waals surface area contributed by atoms with Gasteiger partial charge in [0, 0.05) is 13.0 Å². The van der Waals surface area contributed by atoms with Crippen LogP contribution in [0.15, 0.2) is 10.9 Å². The van der Waals surface area contributed by atoms with Crippen molar-refractivity contribution in [3.05, 3.63) is 38.9 Å². The maximum atomic E-state index is 14.6. The molecule has 0 N–H and O–H groups in total. The Labute approximate surface area is 153 Å². The molecule has 3 heterocycles. The third-order valence-corrected chi connectivity index (χ3v) is 5.26. The van der Waals surface area contributed by atoms with Crippen molar-refractivity contribution in [1.82, 2.24) is 19.3 Å². The molecule has 138 valence electrons. The summed E-state index contributed by atoms with van der Waals surface area (Å²) in [7, 11) is 0. The summed E-state index contributed by atoms with van der Waals surface area (Å²) in [4.78, 5) is 28.5. The van der Waals surface area contributed by atoms with Gasteiger partial charge in [-0.25, -0.2) is 19.0 Å². The number of esters is 1. The molecular formula is C17H18ClFN4O3. The average molecular weight is 381 g/mol. The van der Waals surface area contributed by atoms with E-state index in [0.717, 1.165) is 30.0 Å². The van der Waals surface area contributed by atoms with Crippen molar-refractivity contribution in [2.75, 3.05) is 0 Å². The van der Waals surface area contributed by atoms with Crippen molar-refractivity contribution >= 4 is 17.6 Å². The van der Waals surface area contributed by atoms with E-state index in [2.05, 4.69) is 10.1 Å². The molecule has 7 nitrogen and oxygen atoms in total. The Hall–Kier alpha value is -2.22. The lowest BCUT2D eigenvalue weighted by atomic mass is 9.95. The fourth-order valence-corrected chi connectivity index (χ4v) is 3.55. The summed E-state index contributed by atoms with van der Waals surface area (Å²) < 4.78 is 22.1. The van der Waals surface area contributed by atoms with Crippen LogP contribution in [0.5, 0.6) is 0 Å². The molecule has 1 aliphatic heterocycles. The first-order valence-corrected chi connectivity index (χ1v) is 8.94. The van der Waals surface area contributed by atoms with Crippen molar-refractivity contribution in [3.8, 4) is 5.82 Å². The van der Waals surface area contributed by atoms with E-state index in [-0.39, 0.29) is 28.1 Å². The van der Waals surface area contributed by atoms with Crippen molar-refractivity contribution in [2.24, 2.45) is 5.41 Å². The Morgan fingerprint density at radius 2 is 2.12 bits per heavy atom. The zero-order valence-electron chi connectivity index (χ0n) is 14.5. The van der Waals surface area contributed by atoms with Gasteiger partial charge in [-0.05, 0) is 44.6 Å². The first-order chi connectivity index (χ1) is 12.3. The van der Waals surface area contributed by atoms with E-state index in [1.807, 2.05) is 0 Å². The maximum Gasteiger partial charge on any atom is 0.352 e. The zero-order valence-corrected chi connectivity index (χ0v) is 15.2. The number of hydrogen-bond donors (Lipinski definition) is 0. The molecule has 1 aliphatic carbocycles. The zero-order chi connectivity index (χ0) is 18.6. The summed E-state index contributed by atoms with van der Waals surface area (Å²) in [5.74, 6) is -1.30. The number of fused-ring (bicyclic) bond motifs is 1. The highest BCUT2D eigenvalue weighted by Gasteiger charge is 2.46. The average Bonchev–Trinajstić information content (AvgIpc) is 3.23. The molecule has 0 saturated heterocycles. The van der Waals surface area contributed by atoms with Gasteiger partial charge in [-0.15, -0.1) is 5.10 Å². The minimum Gasteiger partial charge on any atom is -0.459 e. The van der Waals surface area contributed by atoms with Crippen LogP contribution in [0.2, 0.25) is 5.15 Å².